The summed E-state index contributed by atoms with van der Waals surface area (Å²) in [5.74, 6) is 0.855. The molecule has 1 heterocycles. The van der Waals surface area contributed by atoms with Crippen molar-refractivity contribution in [3.05, 3.63) is 62.6 Å². The molecule has 0 unspecified atom stereocenters. The van der Waals surface area contributed by atoms with Crippen LogP contribution in [-0.4, -0.2) is 11.4 Å². The Kier molecular flexibility index (Phi) is 3.58. The third kappa shape index (κ3) is 2.85. The van der Waals surface area contributed by atoms with Crippen LogP contribution >= 0.6 is 27.5 Å². The zero-order valence-corrected chi connectivity index (χ0v) is 14.1. The summed E-state index contributed by atoms with van der Waals surface area (Å²) in [5.41, 5.74) is 2.17. The summed E-state index contributed by atoms with van der Waals surface area (Å²) < 4.78 is 6.56. The Hall–Kier alpha value is -1.32. The molecule has 2 aromatic rings. The lowest BCUT2D eigenvalue weighted by atomic mass is 9.97. The molecule has 0 saturated carbocycles. The van der Waals surface area contributed by atoms with Crippen LogP contribution in [0, 0.1) is 0 Å². The van der Waals surface area contributed by atoms with Crippen LogP contribution in [0.5, 0.6) is 5.75 Å². The molecular formula is C17H14BrClO2. The molecule has 0 atom stereocenters. The van der Waals surface area contributed by atoms with Crippen LogP contribution in [0.2, 0.25) is 5.02 Å². The summed E-state index contributed by atoms with van der Waals surface area (Å²) in [4.78, 5) is 12.6. The molecule has 0 radical (unpaired) electrons. The number of halogens is 2. The van der Waals surface area contributed by atoms with Gasteiger partial charge in [0.2, 0.25) is 0 Å². The van der Waals surface area contributed by atoms with Gasteiger partial charge >= 0.3 is 0 Å². The molecular weight excluding hydrogens is 352 g/mol. The second-order valence-corrected chi connectivity index (χ2v) is 7.08. The van der Waals surface area contributed by atoms with Gasteiger partial charge in [0.05, 0.1) is 5.02 Å². The number of rotatable bonds is 2. The summed E-state index contributed by atoms with van der Waals surface area (Å²) in [7, 11) is 0. The van der Waals surface area contributed by atoms with Crippen molar-refractivity contribution in [2.75, 3.05) is 0 Å². The van der Waals surface area contributed by atoms with Crippen LogP contribution in [0.25, 0.3) is 0 Å². The fourth-order valence-electron chi connectivity index (χ4n) is 2.55. The van der Waals surface area contributed by atoms with E-state index in [0.717, 1.165) is 22.2 Å². The lowest BCUT2D eigenvalue weighted by Crippen LogP contribution is -2.24. The highest BCUT2D eigenvalue weighted by atomic mass is 79.9. The van der Waals surface area contributed by atoms with E-state index in [-0.39, 0.29) is 11.4 Å². The summed E-state index contributed by atoms with van der Waals surface area (Å²) in [5, 5.41) is 0.593. The van der Waals surface area contributed by atoms with Gasteiger partial charge in [-0.15, -0.1) is 0 Å². The van der Waals surface area contributed by atoms with Crippen LogP contribution in [0.15, 0.2) is 40.9 Å². The van der Waals surface area contributed by atoms with Gasteiger partial charge in [-0.1, -0.05) is 11.6 Å². The fraction of sp³-hybridized carbons (Fsp3) is 0.235. The van der Waals surface area contributed by atoms with E-state index < -0.39 is 0 Å². The molecule has 21 heavy (non-hydrogen) atoms. The quantitative estimate of drug-likeness (QED) is 0.696. The van der Waals surface area contributed by atoms with Crippen molar-refractivity contribution < 1.29 is 9.53 Å². The van der Waals surface area contributed by atoms with Crippen molar-refractivity contribution in [3.8, 4) is 5.75 Å². The van der Waals surface area contributed by atoms with E-state index in [1.54, 1.807) is 18.2 Å². The number of carbonyl (C=O) groups is 1. The molecule has 2 aromatic carbocycles. The zero-order valence-electron chi connectivity index (χ0n) is 11.7. The van der Waals surface area contributed by atoms with Gasteiger partial charge < -0.3 is 4.74 Å². The van der Waals surface area contributed by atoms with Crippen LogP contribution in [0.3, 0.4) is 0 Å². The summed E-state index contributed by atoms with van der Waals surface area (Å²) in [6.07, 6.45) is 0.813. The van der Waals surface area contributed by atoms with Crippen molar-refractivity contribution in [1.82, 2.24) is 0 Å². The first kappa shape index (κ1) is 14.6. The predicted molar refractivity (Wildman–Crippen MR) is 87.4 cm³/mol. The Morgan fingerprint density at radius 3 is 2.57 bits per heavy atom. The van der Waals surface area contributed by atoms with Crippen molar-refractivity contribution in [2.45, 2.75) is 25.9 Å². The number of fused-ring (bicyclic) bond motifs is 1. The van der Waals surface area contributed by atoms with E-state index in [9.17, 15) is 4.79 Å². The average molecular weight is 366 g/mol. The van der Waals surface area contributed by atoms with Crippen LogP contribution in [0.4, 0.5) is 0 Å². The van der Waals surface area contributed by atoms with Gasteiger partial charge in [-0.2, -0.15) is 0 Å². The van der Waals surface area contributed by atoms with Crippen LogP contribution in [-0.2, 0) is 6.42 Å². The van der Waals surface area contributed by atoms with E-state index in [2.05, 4.69) is 15.9 Å². The molecule has 1 aliphatic rings. The molecule has 0 aliphatic carbocycles. The first-order chi connectivity index (χ1) is 9.85. The minimum atomic E-state index is -0.201. The highest BCUT2D eigenvalue weighted by Gasteiger charge is 2.30. The molecule has 0 N–H and O–H groups in total. The number of ether oxygens (including phenoxy) is 1. The molecule has 0 fully saturated rings. The molecule has 0 saturated heterocycles. The monoisotopic (exact) mass is 364 g/mol. The Labute approximate surface area is 137 Å². The van der Waals surface area contributed by atoms with E-state index in [0.29, 0.717) is 16.1 Å². The van der Waals surface area contributed by atoms with E-state index in [1.165, 1.54) is 0 Å². The third-order valence-corrected chi connectivity index (χ3v) is 4.72. The highest BCUT2D eigenvalue weighted by molar-refractivity contribution is 9.10. The molecule has 0 amide bonds. The maximum atomic E-state index is 12.6. The van der Waals surface area contributed by atoms with Gasteiger partial charge in [-0.3, -0.25) is 4.79 Å². The highest BCUT2D eigenvalue weighted by Crippen LogP contribution is 2.35. The smallest absolute Gasteiger partial charge is 0.193 e. The van der Waals surface area contributed by atoms with E-state index in [4.69, 9.17) is 16.3 Å². The van der Waals surface area contributed by atoms with Gasteiger partial charge in [-0.25, -0.2) is 0 Å². The lowest BCUT2D eigenvalue weighted by molar-refractivity contribution is 0.103. The molecule has 108 valence electrons. The Morgan fingerprint density at radius 1 is 1.19 bits per heavy atom. The van der Waals surface area contributed by atoms with Gasteiger partial charge in [0.15, 0.2) is 5.78 Å². The number of hydrogen-bond acceptors (Lipinski definition) is 2. The van der Waals surface area contributed by atoms with Gasteiger partial charge in [-0.05, 0) is 71.7 Å². The molecule has 0 spiro atoms. The van der Waals surface area contributed by atoms with Crippen LogP contribution < -0.4 is 4.74 Å². The first-order valence-electron chi connectivity index (χ1n) is 6.67. The fourth-order valence-corrected chi connectivity index (χ4v) is 3.05. The molecule has 2 nitrogen and oxygen atoms in total. The lowest BCUT2D eigenvalue weighted by Gasteiger charge is -2.16. The number of ketones is 1. The topological polar surface area (TPSA) is 26.3 Å². The van der Waals surface area contributed by atoms with E-state index >= 15 is 0 Å². The van der Waals surface area contributed by atoms with Crippen molar-refractivity contribution in [2.24, 2.45) is 0 Å². The summed E-state index contributed by atoms with van der Waals surface area (Å²) in [6, 6.07) is 10.8. The second kappa shape index (κ2) is 5.15. The van der Waals surface area contributed by atoms with E-state index in [1.807, 2.05) is 32.0 Å². The minimum absolute atomic E-state index is 0.0140. The maximum absolute atomic E-state index is 12.6. The zero-order chi connectivity index (χ0) is 15.2. The van der Waals surface area contributed by atoms with Gasteiger partial charge in [0.1, 0.15) is 11.4 Å². The minimum Gasteiger partial charge on any atom is -0.487 e. The first-order valence-corrected chi connectivity index (χ1v) is 7.84. The molecule has 1 aliphatic heterocycles. The molecule has 4 heteroatoms. The number of hydrogen-bond donors (Lipinski definition) is 0. The Balaban J connectivity index is 1.95. The third-order valence-electron chi connectivity index (χ3n) is 3.51. The van der Waals surface area contributed by atoms with Gasteiger partial charge in [0, 0.05) is 22.0 Å². The largest absolute Gasteiger partial charge is 0.487 e. The van der Waals surface area contributed by atoms with Crippen molar-refractivity contribution in [1.29, 1.82) is 0 Å². The van der Waals surface area contributed by atoms with Crippen molar-refractivity contribution >= 4 is 33.3 Å². The standard InChI is InChI=1S/C17H14BrClO2/c1-17(2)9-12-7-10(4-6-15(12)21-17)16(20)11-3-5-14(19)13(18)8-11/h3-8H,9H2,1-2H3. The SMILES string of the molecule is CC1(C)Cc2cc(C(=O)c3ccc(Cl)c(Br)c3)ccc2O1. The molecule has 3 rings (SSSR count). The molecule has 0 aromatic heterocycles. The second-order valence-electron chi connectivity index (χ2n) is 5.82. The normalized spacial score (nSPS) is 15.4. The molecule has 0 bridgehead atoms. The average Bonchev–Trinajstić information content (AvgIpc) is 2.73. The number of benzene rings is 2. The summed E-state index contributed by atoms with van der Waals surface area (Å²) in [6.45, 7) is 4.09. The Morgan fingerprint density at radius 2 is 1.86 bits per heavy atom. The maximum Gasteiger partial charge on any atom is 0.193 e. The van der Waals surface area contributed by atoms with Gasteiger partial charge in [0.25, 0.3) is 0 Å². The van der Waals surface area contributed by atoms with Crippen molar-refractivity contribution in [3.63, 3.8) is 0 Å². The number of carbonyl (C=O) groups excluding carboxylic acids is 1. The predicted octanol–water partition coefficient (Wildman–Crippen LogP) is 5.05. The summed E-state index contributed by atoms with van der Waals surface area (Å²) >= 11 is 9.31. The Bertz CT molecular complexity index is 738. The van der Waals surface area contributed by atoms with Crippen LogP contribution in [0.1, 0.15) is 35.3 Å².